The highest BCUT2D eigenvalue weighted by molar-refractivity contribution is 5.85. The van der Waals surface area contributed by atoms with E-state index in [-0.39, 0.29) is 5.91 Å². The van der Waals surface area contributed by atoms with Crippen LogP contribution >= 0.6 is 0 Å². The van der Waals surface area contributed by atoms with Gasteiger partial charge in [0.25, 0.3) is 0 Å². The molecule has 0 saturated carbocycles. The Kier molecular flexibility index (Phi) is 5.26. The van der Waals surface area contributed by atoms with Crippen LogP contribution in [-0.2, 0) is 11.3 Å². The van der Waals surface area contributed by atoms with E-state index in [2.05, 4.69) is 57.6 Å². The van der Waals surface area contributed by atoms with Gasteiger partial charge in [-0.1, -0.05) is 42.5 Å². The van der Waals surface area contributed by atoms with E-state index < -0.39 is 0 Å². The topological polar surface area (TPSA) is 35.6 Å². The third kappa shape index (κ3) is 4.09. The van der Waals surface area contributed by atoms with Gasteiger partial charge in [0.15, 0.2) is 0 Å². The summed E-state index contributed by atoms with van der Waals surface area (Å²) in [6.07, 6.45) is 0. The van der Waals surface area contributed by atoms with E-state index in [1.165, 1.54) is 16.3 Å². The van der Waals surface area contributed by atoms with E-state index in [0.29, 0.717) is 13.1 Å². The second-order valence-electron chi connectivity index (χ2n) is 6.14. The molecular weight excluding hydrogens is 286 g/mol. The molecule has 23 heavy (non-hydrogen) atoms. The van der Waals surface area contributed by atoms with E-state index in [0.717, 1.165) is 32.7 Å². The molecule has 0 spiro atoms. The van der Waals surface area contributed by atoms with Crippen LogP contribution in [0.25, 0.3) is 10.8 Å². The number of carbonyl (C=O) groups is 1. The maximum Gasteiger partial charge on any atom is 0.234 e. The molecule has 1 saturated heterocycles. The molecule has 2 aromatic rings. The second kappa shape index (κ2) is 7.57. The van der Waals surface area contributed by atoms with Gasteiger partial charge in [0.05, 0.1) is 6.54 Å². The van der Waals surface area contributed by atoms with Crippen molar-refractivity contribution >= 4 is 16.7 Å². The van der Waals surface area contributed by atoms with Crippen LogP contribution in [0.3, 0.4) is 0 Å². The van der Waals surface area contributed by atoms with Crippen LogP contribution in [0.2, 0.25) is 0 Å². The zero-order valence-electron chi connectivity index (χ0n) is 13.8. The lowest BCUT2D eigenvalue weighted by Crippen LogP contribution is -2.49. The van der Waals surface area contributed by atoms with E-state index in [1.807, 2.05) is 6.92 Å². The number of likely N-dealkylation sites (N-methyl/N-ethyl adjacent to an activating group) is 1. The summed E-state index contributed by atoms with van der Waals surface area (Å²) in [5.74, 6) is 0.134. The monoisotopic (exact) mass is 311 g/mol. The van der Waals surface area contributed by atoms with Gasteiger partial charge in [-0.15, -0.1) is 0 Å². The van der Waals surface area contributed by atoms with Crippen molar-refractivity contribution in [3.8, 4) is 0 Å². The first-order valence-electron chi connectivity index (χ1n) is 8.44. The predicted octanol–water partition coefficient (Wildman–Crippen LogP) is 2.09. The summed E-state index contributed by atoms with van der Waals surface area (Å²) in [6, 6.07) is 15.1. The first-order chi connectivity index (χ1) is 11.3. The van der Waals surface area contributed by atoms with Gasteiger partial charge in [-0.05, 0) is 23.3 Å². The molecule has 4 nitrogen and oxygen atoms in total. The number of benzene rings is 2. The van der Waals surface area contributed by atoms with Crippen molar-refractivity contribution in [2.45, 2.75) is 13.5 Å². The molecule has 1 aliphatic rings. The molecule has 0 atom stereocenters. The number of rotatable bonds is 5. The zero-order valence-corrected chi connectivity index (χ0v) is 13.8. The molecule has 0 aromatic heterocycles. The van der Waals surface area contributed by atoms with Gasteiger partial charge < -0.3 is 5.32 Å². The molecule has 0 unspecified atom stereocenters. The second-order valence-corrected chi connectivity index (χ2v) is 6.14. The van der Waals surface area contributed by atoms with Gasteiger partial charge in [-0.2, -0.15) is 0 Å². The summed E-state index contributed by atoms with van der Waals surface area (Å²) < 4.78 is 0. The lowest BCUT2D eigenvalue weighted by atomic mass is 10.0. The minimum Gasteiger partial charge on any atom is -0.355 e. The van der Waals surface area contributed by atoms with E-state index in [1.54, 1.807) is 0 Å². The molecule has 4 heteroatoms. The molecule has 3 rings (SSSR count). The molecule has 0 radical (unpaired) electrons. The van der Waals surface area contributed by atoms with Crippen LogP contribution in [0.1, 0.15) is 12.5 Å². The highest BCUT2D eigenvalue weighted by atomic mass is 16.2. The number of hydrogen-bond donors (Lipinski definition) is 1. The normalized spacial score (nSPS) is 16.6. The van der Waals surface area contributed by atoms with E-state index >= 15 is 0 Å². The first kappa shape index (κ1) is 16.0. The highest BCUT2D eigenvalue weighted by Gasteiger charge is 2.19. The fourth-order valence-corrected chi connectivity index (χ4v) is 3.23. The van der Waals surface area contributed by atoms with Crippen molar-refractivity contribution in [2.75, 3.05) is 39.3 Å². The van der Waals surface area contributed by atoms with Gasteiger partial charge in [0.2, 0.25) is 5.91 Å². The van der Waals surface area contributed by atoms with E-state index in [9.17, 15) is 4.79 Å². The highest BCUT2D eigenvalue weighted by Crippen LogP contribution is 2.20. The third-order valence-corrected chi connectivity index (χ3v) is 4.48. The molecule has 1 N–H and O–H groups in total. The van der Waals surface area contributed by atoms with Crippen molar-refractivity contribution in [1.82, 2.24) is 15.1 Å². The van der Waals surface area contributed by atoms with Crippen LogP contribution in [0, 0.1) is 0 Å². The Morgan fingerprint density at radius 2 is 1.70 bits per heavy atom. The molecule has 1 fully saturated rings. The van der Waals surface area contributed by atoms with Crippen LogP contribution in [0.4, 0.5) is 0 Å². The smallest absolute Gasteiger partial charge is 0.234 e. The number of piperazine rings is 1. The van der Waals surface area contributed by atoms with Gasteiger partial charge in [0, 0.05) is 39.3 Å². The van der Waals surface area contributed by atoms with Crippen LogP contribution < -0.4 is 5.32 Å². The number of hydrogen-bond acceptors (Lipinski definition) is 3. The van der Waals surface area contributed by atoms with Gasteiger partial charge in [-0.25, -0.2) is 0 Å². The molecule has 1 amide bonds. The summed E-state index contributed by atoms with van der Waals surface area (Å²) in [6.45, 7) is 8.13. The summed E-state index contributed by atoms with van der Waals surface area (Å²) >= 11 is 0. The van der Waals surface area contributed by atoms with Crippen molar-refractivity contribution < 1.29 is 4.79 Å². The summed E-state index contributed by atoms with van der Waals surface area (Å²) in [4.78, 5) is 16.4. The molecule has 0 bridgehead atoms. The lowest BCUT2D eigenvalue weighted by Gasteiger charge is -2.34. The molecule has 2 aromatic carbocycles. The lowest BCUT2D eigenvalue weighted by molar-refractivity contribution is -0.122. The molecule has 1 aliphatic heterocycles. The average molecular weight is 311 g/mol. The van der Waals surface area contributed by atoms with Crippen LogP contribution in [0.5, 0.6) is 0 Å². The van der Waals surface area contributed by atoms with Crippen LogP contribution in [0.15, 0.2) is 42.5 Å². The fraction of sp³-hybridized carbons (Fsp3) is 0.421. The molecular formula is C19H25N3O. The number of nitrogens with one attached hydrogen (secondary N) is 1. The van der Waals surface area contributed by atoms with Gasteiger partial charge in [-0.3, -0.25) is 14.6 Å². The maximum absolute atomic E-state index is 11.7. The number of amides is 1. The zero-order chi connectivity index (χ0) is 16.1. The van der Waals surface area contributed by atoms with E-state index in [4.69, 9.17) is 0 Å². The Hall–Kier alpha value is -1.91. The third-order valence-electron chi connectivity index (χ3n) is 4.48. The standard InChI is InChI=1S/C19H25N3O/c1-2-20-19(23)15-22-12-10-21(11-13-22)14-17-8-5-7-16-6-3-4-9-18(16)17/h3-9H,2,10-15H2,1H3,(H,20,23). The van der Waals surface area contributed by atoms with Gasteiger partial charge >= 0.3 is 0 Å². The Labute approximate surface area is 138 Å². The molecule has 1 heterocycles. The first-order valence-corrected chi connectivity index (χ1v) is 8.44. The van der Waals surface area contributed by atoms with Crippen molar-refractivity contribution in [2.24, 2.45) is 0 Å². The SMILES string of the molecule is CCNC(=O)CN1CCN(Cc2cccc3ccccc23)CC1. The van der Waals surface area contributed by atoms with Gasteiger partial charge in [0.1, 0.15) is 0 Å². The number of nitrogens with zero attached hydrogens (tertiary/aromatic N) is 2. The largest absolute Gasteiger partial charge is 0.355 e. The minimum absolute atomic E-state index is 0.134. The molecule has 122 valence electrons. The van der Waals surface area contributed by atoms with Crippen molar-refractivity contribution in [3.63, 3.8) is 0 Å². The fourth-order valence-electron chi connectivity index (χ4n) is 3.23. The molecule has 0 aliphatic carbocycles. The quantitative estimate of drug-likeness (QED) is 0.918. The Bertz CT molecular complexity index is 657. The van der Waals surface area contributed by atoms with Crippen LogP contribution in [-0.4, -0.2) is 55.0 Å². The Balaban J connectivity index is 1.57. The number of fused-ring (bicyclic) bond motifs is 1. The van der Waals surface area contributed by atoms with Crippen molar-refractivity contribution in [1.29, 1.82) is 0 Å². The maximum atomic E-state index is 11.7. The van der Waals surface area contributed by atoms with Crippen molar-refractivity contribution in [3.05, 3.63) is 48.0 Å². The average Bonchev–Trinajstić information content (AvgIpc) is 2.57. The summed E-state index contributed by atoms with van der Waals surface area (Å²) in [5.41, 5.74) is 1.39. The Morgan fingerprint density at radius 3 is 2.48 bits per heavy atom. The minimum atomic E-state index is 0.134. The summed E-state index contributed by atoms with van der Waals surface area (Å²) in [5, 5.41) is 5.52. The number of carbonyl (C=O) groups excluding carboxylic acids is 1. The summed E-state index contributed by atoms with van der Waals surface area (Å²) in [7, 11) is 0. The predicted molar refractivity (Wildman–Crippen MR) is 94.3 cm³/mol. The Morgan fingerprint density at radius 1 is 1.00 bits per heavy atom.